The lowest BCUT2D eigenvalue weighted by atomic mass is 9.98. The van der Waals surface area contributed by atoms with E-state index in [4.69, 9.17) is 0 Å². The summed E-state index contributed by atoms with van der Waals surface area (Å²) in [4.78, 5) is 15.3. The Morgan fingerprint density at radius 1 is 1.55 bits per heavy atom. The van der Waals surface area contributed by atoms with Gasteiger partial charge in [-0.3, -0.25) is 4.79 Å². The van der Waals surface area contributed by atoms with Crippen molar-refractivity contribution in [1.82, 2.24) is 9.71 Å². The lowest BCUT2D eigenvalue weighted by Gasteiger charge is -2.26. The van der Waals surface area contributed by atoms with E-state index >= 15 is 0 Å². The zero-order chi connectivity index (χ0) is 15.4. The van der Waals surface area contributed by atoms with Crippen LogP contribution in [0.2, 0.25) is 0 Å². The molecule has 0 aromatic carbocycles. The van der Waals surface area contributed by atoms with Gasteiger partial charge in [-0.1, -0.05) is 13.3 Å². The van der Waals surface area contributed by atoms with Crippen molar-refractivity contribution in [3.63, 3.8) is 0 Å². The minimum absolute atomic E-state index is 0.216. The first-order chi connectivity index (χ1) is 9.27. The molecule has 0 aliphatic carbocycles. The Morgan fingerprint density at radius 2 is 2.20 bits per heavy atom. The molecule has 1 aromatic rings. The maximum absolute atomic E-state index is 13.5. The molecular weight excluding hydrogens is 287 g/mol. The number of carbonyl (C=O) groups excluding carboxylic acids is 1. The number of nitrogens with one attached hydrogen (secondary N) is 1. The standard InChI is InChI=1S/C12H17FN2O4S/c1-4-7-12(2,11(16)19-3)15-20(17,18)10-9(13)6-5-8-14-10/h5-6,8,15H,4,7H2,1-3H3. The van der Waals surface area contributed by atoms with Crippen LogP contribution in [-0.4, -0.2) is 32.0 Å². The summed E-state index contributed by atoms with van der Waals surface area (Å²) in [6.45, 7) is 3.18. The number of halogens is 1. The summed E-state index contributed by atoms with van der Waals surface area (Å²) in [5.74, 6) is -1.72. The van der Waals surface area contributed by atoms with Crippen molar-refractivity contribution in [2.75, 3.05) is 7.11 Å². The van der Waals surface area contributed by atoms with Crippen molar-refractivity contribution in [3.05, 3.63) is 24.1 Å². The van der Waals surface area contributed by atoms with Crippen molar-refractivity contribution in [2.45, 2.75) is 37.3 Å². The predicted octanol–water partition coefficient (Wildman–Crippen LogP) is 1.23. The van der Waals surface area contributed by atoms with Crippen LogP contribution in [0, 0.1) is 5.82 Å². The molecule has 1 aromatic heterocycles. The van der Waals surface area contributed by atoms with Crippen LogP contribution in [0.4, 0.5) is 4.39 Å². The third-order valence-corrected chi connectivity index (χ3v) is 4.25. The molecule has 112 valence electrons. The summed E-state index contributed by atoms with van der Waals surface area (Å²) in [6.07, 6.45) is 1.92. The van der Waals surface area contributed by atoms with Crippen molar-refractivity contribution < 1.29 is 22.3 Å². The summed E-state index contributed by atoms with van der Waals surface area (Å²) in [7, 11) is -3.10. The fourth-order valence-electron chi connectivity index (χ4n) is 1.83. The maximum Gasteiger partial charge on any atom is 0.326 e. The van der Waals surface area contributed by atoms with E-state index in [0.29, 0.717) is 6.42 Å². The van der Waals surface area contributed by atoms with E-state index in [1.165, 1.54) is 13.0 Å². The van der Waals surface area contributed by atoms with Gasteiger partial charge in [-0.2, -0.15) is 4.72 Å². The van der Waals surface area contributed by atoms with Gasteiger partial charge in [-0.15, -0.1) is 0 Å². The van der Waals surface area contributed by atoms with Gasteiger partial charge in [0.2, 0.25) is 5.03 Å². The molecule has 0 aliphatic rings. The highest BCUT2D eigenvalue weighted by Gasteiger charge is 2.39. The number of aromatic nitrogens is 1. The fraction of sp³-hybridized carbons (Fsp3) is 0.500. The highest BCUT2D eigenvalue weighted by molar-refractivity contribution is 7.89. The summed E-state index contributed by atoms with van der Waals surface area (Å²) in [5, 5.41) is -0.744. The molecule has 1 heterocycles. The second kappa shape index (κ2) is 6.27. The third kappa shape index (κ3) is 3.51. The van der Waals surface area contributed by atoms with Gasteiger partial charge in [0.15, 0.2) is 5.82 Å². The highest BCUT2D eigenvalue weighted by atomic mass is 32.2. The van der Waals surface area contributed by atoms with Gasteiger partial charge in [0.05, 0.1) is 7.11 Å². The quantitative estimate of drug-likeness (QED) is 0.799. The van der Waals surface area contributed by atoms with Gasteiger partial charge < -0.3 is 4.74 Å². The lowest BCUT2D eigenvalue weighted by molar-refractivity contribution is -0.147. The number of hydrogen-bond acceptors (Lipinski definition) is 5. The van der Waals surface area contributed by atoms with E-state index in [0.717, 1.165) is 19.4 Å². The number of nitrogens with zero attached hydrogens (tertiary/aromatic N) is 1. The minimum Gasteiger partial charge on any atom is -0.468 e. The Bertz CT molecular complexity index is 591. The average Bonchev–Trinajstić information content (AvgIpc) is 2.37. The second-order valence-electron chi connectivity index (χ2n) is 4.47. The van der Waals surface area contributed by atoms with Crippen molar-refractivity contribution in [1.29, 1.82) is 0 Å². The van der Waals surface area contributed by atoms with Gasteiger partial charge in [-0.25, -0.2) is 17.8 Å². The minimum atomic E-state index is -4.26. The normalized spacial score (nSPS) is 14.6. The van der Waals surface area contributed by atoms with E-state index in [1.54, 1.807) is 6.92 Å². The Labute approximate surface area is 117 Å². The van der Waals surface area contributed by atoms with Crippen LogP contribution >= 0.6 is 0 Å². The number of carbonyl (C=O) groups is 1. The summed E-state index contributed by atoms with van der Waals surface area (Å²) < 4.78 is 44.6. The molecule has 8 heteroatoms. The average molecular weight is 304 g/mol. The largest absolute Gasteiger partial charge is 0.468 e. The molecule has 0 spiro atoms. The van der Waals surface area contributed by atoms with Crippen molar-refractivity contribution >= 4 is 16.0 Å². The first-order valence-electron chi connectivity index (χ1n) is 5.99. The zero-order valence-corrected chi connectivity index (χ0v) is 12.3. The SMILES string of the molecule is CCCC(C)(NS(=O)(=O)c1ncccc1F)C(=O)OC. The molecule has 6 nitrogen and oxygen atoms in total. The molecule has 0 amide bonds. The van der Waals surface area contributed by atoms with Crippen LogP contribution < -0.4 is 4.72 Å². The van der Waals surface area contributed by atoms with Gasteiger partial charge in [0.25, 0.3) is 10.0 Å². The molecule has 1 rings (SSSR count). The fourth-order valence-corrected chi connectivity index (χ4v) is 3.23. The van der Waals surface area contributed by atoms with Crippen LogP contribution in [0.1, 0.15) is 26.7 Å². The third-order valence-electron chi connectivity index (χ3n) is 2.72. The van der Waals surface area contributed by atoms with Gasteiger partial charge in [-0.05, 0) is 25.5 Å². The summed E-state index contributed by atoms with van der Waals surface area (Å²) in [5.41, 5.74) is -1.47. The zero-order valence-electron chi connectivity index (χ0n) is 11.5. The molecule has 20 heavy (non-hydrogen) atoms. The van der Waals surface area contributed by atoms with E-state index in [1.807, 2.05) is 0 Å². The Balaban J connectivity index is 3.17. The molecule has 0 saturated carbocycles. The summed E-state index contributed by atoms with van der Waals surface area (Å²) >= 11 is 0. The van der Waals surface area contributed by atoms with Crippen molar-refractivity contribution in [3.8, 4) is 0 Å². The van der Waals surface area contributed by atoms with E-state index in [9.17, 15) is 17.6 Å². The van der Waals surface area contributed by atoms with E-state index < -0.39 is 32.4 Å². The number of rotatable bonds is 6. The monoisotopic (exact) mass is 304 g/mol. The molecule has 0 aliphatic heterocycles. The van der Waals surface area contributed by atoms with Gasteiger partial charge in [0.1, 0.15) is 5.54 Å². The number of esters is 1. The molecule has 0 fully saturated rings. The predicted molar refractivity (Wildman–Crippen MR) is 69.8 cm³/mol. The highest BCUT2D eigenvalue weighted by Crippen LogP contribution is 2.19. The first-order valence-corrected chi connectivity index (χ1v) is 7.48. The topological polar surface area (TPSA) is 85.4 Å². The number of ether oxygens (including phenoxy) is 1. The van der Waals surface area contributed by atoms with Crippen LogP contribution in [0.15, 0.2) is 23.4 Å². The van der Waals surface area contributed by atoms with Crippen LogP contribution in [0.5, 0.6) is 0 Å². The van der Waals surface area contributed by atoms with E-state index in [2.05, 4.69) is 14.4 Å². The molecule has 1 unspecified atom stereocenters. The Hall–Kier alpha value is -1.54. The maximum atomic E-state index is 13.5. The number of methoxy groups -OCH3 is 1. The number of sulfonamides is 1. The number of pyridine rings is 1. The van der Waals surface area contributed by atoms with Crippen LogP contribution in [-0.2, 0) is 19.6 Å². The molecule has 0 radical (unpaired) electrons. The second-order valence-corrected chi connectivity index (χ2v) is 6.07. The Kier molecular flexibility index (Phi) is 5.18. The van der Waals surface area contributed by atoms with E-state index in [-0.39, 0.29) is 6.42 Å². The van der Waals surface area contributed by atoms with Crippen LogP contribution in [0.3, 0.4) is 0 Å². The van der Waals surface area contributed by atoms with Gasteiger partial charge in [0, 0.05) is 6.20 Å². The Morgan fingerprint density at radius 3 is 2.70 bits per heavy atom. The van der Waals surface area contributed by atoms with Gasteiger partial charge >= 0.3 is 5.97 Å². The van der Waals surface area contributed by atoms with Crippen molar-refractivity contribution in [2.24, 2.45) is 0 Å². The number of hydrogen-bond donors (Lipinski definition) is 1. The van der Waals surface area contributed by atoms with Crippen LogP contribution in [0.25, 0.3) is 0 Å². The molecule has 1 atom stereocenters. The molecule has 1 N–H and O–H groups in total. The smallest absolute Gasteiger partial charge is 0.326 e. The lowest BCUT2D eigenvalue weighted by Crippen LogP contribution is -2.52. The molecule has 0 bridgehead atoms. The molecule has 0 saturated heterocycles. The molecular formula is C12H17FN2O4S. The first kappa shape index (κ1) is 16.5. The summed E-state index contributed by atoms with van der Waals surface area (Å²) in [6, 6.07) is 2.26.